The van der Waals surface area contributed by atoms with Crippen LogP contribution in [0.3, 0.4) is 0 Å². The van der Waals surface area contributed by atoms with E-state index in [-0.39, 0.29) is 5.91 Å². The Morgan fingerprint density at radius 3 is 2.85 bits per heavy atom. The third-order valence-electron chi connectivity index (χ3n) is 2.95. The first-order valence-corrected chi connectivity index (χ1v) is 6.99. The quantitative estimate of drug-likeness (QED) is 0.792. The van der Waals surface area contributed by atoms with Gasteiger partial charge in [0.2, 0.25) is 0 Å². The highest BCUT2D eigenvalue weighted by Crippen LogP contribution is 2.28. The largest absolute Gasteiger partial charge is 0.355 e. The van der Waals surface area contributed by atoms with E-state index in [0.29, 0.717) is 11.3 Å². The van der Waals surface area contributed by atoms with E-state index in [2.05, 4.69) is 10.5 Å². The van der Waals surface area contributed by atoms with Crippen LogP contribution in [-0.4, -0.2) is 11.1 Å². The summed E-state index contributed by atoms with van der Waals surface area (Å²) in [5.74, 6) is 0.287. The van der Waals surface area contributed by atoms with Crippen molar-refractivity contribution in [3.63, 3.8) is 0 Å². The number of rotatable bonds is 3. The van der Waals surface area contributed by atoms with Crippen LogP contribution in [0.4, 0.5) is 5.69 Å². The normalized spacial score (nSPS) is 10.4. The average molecular weight is 284 g/mol. The molecule has 3 rings (SSSR count). The summed E-state index contributed by atoms with van der Waals surface area (Å²) >= 11 is 1.51. The second-order valence-electron chi connectivity index (χ2n) is 4.31. The highest BCUT2D eigenvalue weighted by atomic mass is 32.1. The number of aryl methyl sites for hydroxylation is 1. The minimum atomic E-state index is -0.219. The third kappa shape index (κ3) is 2.35. The molecule has 0 atom stereocenters. The Labute approximate surface area is 120 Å². The van der Waals surface area contributed by atoms with Crippen molar-refractivity contribution in [2.45, 2.75) is 6.92 Å². The Kier molecular flexibility index (Phi) is 3.35. The molecule has 0 aliphatic heterocycles. The van der Waals surface area contributed by atoms with Crippen molar-refractivity contribution in [1.29, 1.82) is 0 Å². The highest BCUT2D eigenvalue weighted by Gasteiger charge is 2.18. The number of carbonyl (C=O) groups excluding carboxylic acids is 1. The molecule has 0 unspecified atom stereocenters. The summed E-state index contributed by atoms with van der Waals surface area (Å²) in [4.78, 5) is 13.2. The van der Waals surface area contributed by atoms with Crippen molar-refractivity contribution < 1.29 is 9.32 Å². The summed E-state index contributed by atoms with van der Waals surface area (Å²) in [5, 5.41) is 8.55. The Morgan fingerprint density at radius 1 is 1.25 bits per heavy atom. The van der Waals surface area contributed by atoms with Crippen LogP contribution in [0, 0.1) is 6.92 Å². The van der Waals surface area contributed by atoms with Gasteiger partial charge in [0.05, 0.1) is 11.1 Å². The Bertz CT molecular complexity index is 732. The highest BCUT2D eigenvalue weighted by molar-refractivity contribution is 7.13. The Hall–Kier alpha value is -2.40. The van der Waals surface area contributed by atoms with Crippen LogP contribution in [0.5, 0.6) is 0 Å². The lowest BCUT2D eigenvalue weighted by Crippen LogP contribution is -2.12. The number of para-hydroxylation sites is 1. The summed E-state index contributed by atoms with van der Waals surface area (Å²) in [5.41, 5.74) is 2.24. The molecular weight excluding hydrogens is 272 g/mol. The van der Waals surface area contributed by atoms with Crippen LogP contribution in [0.25, 0.3) is 10.6 Å². The minimum absolute atomic E-state index is 0.219. The molecule has 0 saturated heterocycles. The van der Waals surface area contributed by atoms with Gasteiger partial charge >= 0.3 is 0 Å². The molecule has 5 heteroatoms. The molecule has 2 aromatic heterocycles. The predicted octanol–water partition coefficient (Wildman–Crippen LogP) is 3.96. The van der Waals surface area contributed by atoms with Crippen molar-refractivity contribution in [2.75, 3.05) is 5.32 Å². The number of hydrogen-bond acceptors (Lipinski definition) is 4. The fraction of sp³-hybridized carbons (Fsp3) is 0.0667. The van der Waals surface area contributed by atoms with Crippen molar-refractivity contribution in [3.8, 4) is 10.6 Å². The number of hydrogen-bond donors (Lipinski definition) is 1. The predicted molar refractivity (Wildman–Crippen MR) is 78.9 cm³/mol. The zero-order valence-corrected chi connectivity index (χ0v) is 11.6. The summed E-state index contributed by atoms with van der Waals surface area (Å²) < 4.78 is 5.20. The average Bonchev–Trinajstić information content (AvgIpc) is 3.11. The van der Waals surface area contributed by atoms with Crippen molar-refractivity contribution in [2.24, 2.45) is 0 Å². The van der Waals surface area contributed by atoms with Gasteiger partial charge in [-0.15, -0.1) is 11.3 Å². The number of benzene rings is 1. The van der Waals surface area contributed by atoms with Crippen molar-refractivity contribution in [3.05, 3.63) is 59.1 Å². The monoisotopic (exact) mass is 284 g/mol. The molecule has 1 N–H and O–H groups in total. The van der Waals surface area contributed by atoms with Gasteiger partial charge in [-0.25, -0.2) is 0 Å². The number of nitrogens with zero attached hydrogens (tertiary/aromatic N) is 1. The molecule has 0 spiro atoms. The van der Waals surface area contributed by atoms with E-state index in [9.17, 15) is 4.79 Å². The van der Waals surface area contributed by atoms with Crippen LogP contribution in [0.15, 0.2) is 52.5 Å². The van der Waals surface area contributed by atoms with E-state index in [1.807, 2.05) is 48.7 Å². The molecule has 4 nitrogen and oxygen atoms in total. The summed E-state index contributed by atoms with van der Waals surface area (Å²) in [7, 11) is 0. The number of thiophene rings is 1. The lowest BCUT2D eigenvalue weighted by Gasteiger charge is -2.07. The van der Waals surface area contributed by atoms with Gasteiger partial charge in [0.15, 0.2) is 5.76 Å². The third-order valence-corrected chi connectivity index (χ3v) is 3.82. The van der Waals surface area contributed by atoms with Gasteiger partial charge in [-0.1, -0.05) is 29.4 Å². The van der Waals surface area contributed by atoms with Crippen LogP contribution in [0.2, 0.25) is 0 Å². The van der Waals surface area contributed by atoms with Gasteiger partial charge < -0.3 is 9.84 Å². The van der Waals surface area contributed by atoms with E-state index in [1.165, 1.54) is 17.5 Å². The van der Waals surface area contributed by atoms with E-state index in [0.717, 1.165) is 16.1 Å². The maximum absolute atomic E-state index is 12.3. The number of anilines is 1. The zero-order chi connectivity index (χ0) is 13.9. The van der Waals surface area contributed by atoms with E-state index in [4.69, 9.17) is 4.52 Å². The lowest BCUT2D eigenvalue weighted by atomic mass is 10.1. The first-order chi connectivity index (χ1) is 9.75. The minimum Gasteiger partial charge on any atom is -0.355 e. The van der Waals surface area contributed by atoms with E-state index < -0.39 is 0 Å². The number of amides is 1. The molecule has 3 aromatic rings. The van der Waals surface area contributed by atoms with E-state index >= 15 is 0 Å². The van der Waals surface area contributed by atoms with Crippen molar-refractivity contribution >= 4 is 22.9 Å². The molecule has 0 bridgehead atoms. The van der Waals surface area contributed by atoms with Crippen molar-refractivity contribution in [1.82, 2.24) is 5.16 Å². The molecule has 0 fully saturated rings. The van der Waals surface area contributed by atoms with Gasteiger partial charge in [-0.05, 0) is 30.0 Å². The molecule has 0 saturated carbocycles. The molecule has 20 heavy (non-hydrogen) atoms. The molecule has 100 valence electrons. The van der Waals surface area contributed by atoms with Crippen LogP contribution in [-0.2, 0) is 0 Å². The fourth-order valence-corrected chi connectivity index (χ4v) is 2.60. The molecule has 0 aliphatic carbocycles. The van der Waals surface area contributed by atoms with Crippen LogP contribution in [0.1, 0.15) is 15.9 Å². The second kappa shape index (κ2) is 5.30. The second-order valence-corrected chi connectivity index (χ2v) is 5.26. The topological polar surface area (TPSA) is 55.1 Å². The summed E-state index contributed by atoms with van der Waals surface area (Å²) in [6.45, 7) is 1.95. The molecule has 1 amide bonds. The Balaban J connectivity index is 1.89. The summed E-state index contributed by atoms with van der Waals surface area (Å²) in [6, 6.07) is 11.4. The first-order valence-electron chi connectivity index (χ1n) is 6.11. The number of nitrogens with one attached hydrogen (secondary N) is 1. The zero-order valence-electron chi connectivity index (χ0n) is 10.8. The number of carbonyl (C=O) groups is 1. The lowest BCUT2D eigenvalue weighted by molar-refractivity contribution is 0.102. The standard InChI is InChI=1S/C15H12N2O2S/c1-10-5-2-3-6-12(10)17-15(18)11-9-16-19-14(11)13-7-4-8-20-13/h2-9H,1H3,(H,17,18). The maximum atomic E-state index is 12.3. The molecule has 2 heterocycles. The number of aromatic nitrogens is 1. The summed E-state index contributed by atoms with van der Waals surface area (Å²) in [6.07, 6.45) is 1.45. The Morgan fingerprint density at radius 2 is 2.10 bits per heavy atom. The molecule has 0 radical (unpaired) electrons. The molecular formula is C15H12N2O2S. The van der Waals surface area contributed by atoms with Gasteiger partial charge in [0.1, 0.15) is 5.56 Å². The first kappa shape index (κ1) is 12.6. The van der Waals surface area contributed by atoms with Gasteiger partial charge in [0, 0.05) is 5.69 Å². The van der Waals surface area contributed by atoms with Crippen LogP contribution >= 0.6 is 11.3 Å². The van der Waals surface area contributed by atoms with Crippen LogP contribution < -0.4 is 5.32 Å². The van der Waals surface area contributed by atoms with E-state index in [1.54, 1.807) is 0 Å². The molecule has 1 aromatic carbocycles. The SMILES string of the molecule is Cc1ccccc1NC(=O)c1cnoc1-c1cccs1. The van der Waals surface area contributed by atoms with Gasteiger partial charge in [0.25, 0.3) is 5.91 Å². The maximum Gasteiger partial charge on any atom is 0.261 e. The smallest absolute Gasteiger partial charge is 0.261 e. The fourth-order valence-electron chi connectivity index (χ4n) is 1.89. The van der Waals surface area contributed by atoms with Gasteiger partial charge in [-0.2, -0.15) is 0 Å². The van der Waals surface area contributed by atoms with Gasteiger partial charge in [-0.3, -0.25) is 4.79 Å². The molecule has 0 aliphatic rings.